The summed E-state index contributed by atoms with van der Waals surface area (Å²) in [6, 6.07) is 7.30. The Morgan fingerprint density at radius 3 is 2.74 bits per heavy atom. The number of anilines is 1. The molecule has 4 rings (SSSR count). The highest BCUT2D eigenvalue weighted by Gasteiger charge is 2.33. The molecule has 1 aliphatic heterocycles. The lowest BCUT2D eigenvalue weighted by Crippen LogP contribution is -2.16. The van der Waals surface area contributed by atoms with Gasteiger partial charge in [-0.15, -0.1) is 11.8 Å². The first-order valence-corrected chi connectivity index (χ1v) is 9.08. The molecule has 3 heterocycles. The van der Waals surface area contributed by atoms with Crippen LogP contribution in [0.3, 0.4) is 0 Å². The number of aryl methyl sites for hydroxylation is 1. The van der Waals surface area contributed by atoms with Gasteiger partial charge in [-0.05, 0) is 25.1 Å². The van der Waals surface area contributed by atoms with Gasteiger partial charge in [-0.3, -0.25) is 4.79 Å². The summed E-state index contributed by atoms with van der Waals surface area (Å²) >= 11 is 1.12. The van der Waals surface area contributed by atoms with Gasteiger partial charge in [0, 0.05) is 17.3 Å². The molecular formula is C18H13F3N4OS. The van der Waals surface area contributed by atoms with E-state index in [1.807, 2.05) is 0 Å². The number of hydrogen-bond acceptors (Lipinski definition) is 4. The lowest BCUT2D eigenvalue weighted by molar-refractivity contribution is -0.113. The highest BCUT2D eigenvalue weighted by molar-refractivity contribution is 8.00. The van der Waals surface area contributed by atoms with Crippen molar-refractivity contribution in [2.45, 2.75) is 12.2 Å². The van der Waals surface area contributed by atoms with E-state index in [-0.39, 0.29) is 17.2 Å². The molecule has 0 aliphatic carbocycles. The first-order valence-electron chi connectivity index (χ1n) is 8.03. The quantitative estimate of drug-likeness (QED) is 0.677. The molecule has 0 bridgehead atoms. The predicted octanol–water partition coefficient (Wildman–Crippen LogP) is 3.77. The summed E-state index contributed by atoms with van der Waals surface area (Å²) in [6.45, 7) is 1.71. The summed E-state index contributed by atoms with van der Waals surface area (Å²) < 4.78 is 43.1. The Labute approximate surface area is 156 Å². The summed E-state index contributed by atoms with van der Waals surface area (Å²) in [7, 11) is 0. The minimum atomic E-state index is -1.53. The molecule has 0 fully saturated rings. The Hall–Kier alpha value is -2.81. The van der Waals surface area contributed by atoms with Crippen LogP contribution in [-0.4, -0.2) is 26.4 Å². The molecule has 1 atom stereocenters. The van der Waals surface area contributed by atoms with Crippen molar-refractivity contribution in [2.24, 2.45) is 0 Å². The second-order valence-electron chi connectivity index (χ2n) is 5.95. The number of aromatic nitrogens is 3. The zero-order chi connectivity index (χ0) is 19.1. The van der Waals surface area contributed by atoms with Crippen LogP contribution in [0.2, 0.25) is 0 Å². The molecule has 0 saturated carbocycles. The van der Waals surface area contributed by atoms with Crippen LogP contribution >= 0.6 is 11.8 Å². The summed E-state index contributed by atoms with van der Waals surface area (Å²) in [5.74, 6) is -3.52. The molecule has 5 nitrogen and oxygen atoms in total. The van der Waals surface area contributed by atoms with E-state index in [1.54, 1.807) is 31.3 Å². The number of fused-ring (bicyclic) bond motifs is 1. The number of benzene rings is 1. The number of hydrogen-bond donors (Lipinski definition) is 1. The maximum Gasteiger partial charge on any atom is 0.235 e. The SMILES string of the molecule is Cc1nn(-c2ccccn2)c2c1[C@H](c1ccc(F)c(F)c1F)SCC(=O)N2. The first-order chi connectivity index (χ1) is 13.0. The average molecular weight is 390 g/mol. The number of nitrogens with zero attached hydrogens (tertiary/aromatic N) is 3. The van der Waals surface area contributed by atoms with Gasteiger partial charge in [-0.1, -0.05) is 12.1 Å². The summed E-state index contributed by atoms with van der Waals surface area (Å²) in [5, 5.41) is 6.46. The Morgan fingerprint density at radius 2 is 2.00 bits per heavy atom. The van der Waals surface area contributed by atoms with Crippen molar-refractivity contribution >= 4 is 23.5 Å². The van der Waals surface area contributed by atoms with Gasteiger partial charge in [0.25, 0.3) is 0 Å². The van der Waals surface area contributed by atoms with E-state index in [4.69, 9.17) is 0 Å². The number of pyridine rings is 1. The molecule has 2 aromatic heterocycles. The lowest BCUT2D eigenvalue weighted by Gasteiger charge is -2.16. The molecule has 1 N–H and O–H groups in total. The average Bonchev–Trinajstić information content (AvgIpc) is 2.87. The molecular weight excluding hydrogens is 377 g/mol. The number of halogens is 3. The van der Waals surface area contributed by atoms with Gasteiger partial charge >= 0.3 is 0 Å². The normalized spacial score (nSPS) is 16.6. The van der Waals surface area contributed by atoms with Gasteiger partial charge in [0.15, 0.2) is 23.3 Å². The van der Waals surface area contributed by atoms with E-state index in [0.717, 1.165) is 17.8 Å². The van der Waals surface area contributed by atoms with Crippen molar-refractivity contribution in [3.05, 3.63) is 70.8 Å². The largest absolute Gasteiger partial charge is 0.310 e. The fraction of sp³-hybridized carbons (Fsp3) is 0.167. The van der Waals surface area contributed by atoms with E-state index in [9.17, 15) is 18.0 Å². The maximum absolute atomic E-state index is 14.5. The van der Waals surface area contributed by atoms with Crippen LogP contribution in [0.4, 0.5) is 19.0 Å². The van der Waals surface area contributed by atoms with E-state index in [2.05, 4.69) is 15.4 Å². The Balaban J connectivity index is 1.93. The molecule has 27 heavy (non-hydrogen) atoms. The van der Waals surface area contributed by atoms with Crippen LogP contribution in [0.25, 0.3) is 5.82 Å². The summed E-state index contributed by atoms with van der Waals surface area (Å²) in [6.07, 6.45) is 1.58. The zero-order valence-corrected chi connectivity index (χ0v) is 14.9. The molecule has 0 spiro atoms. The number of amides is 1. The van der Waals surface area contributed by atoms with E-state index < -0.39 is 22.7 Å². The fourth-order valence-corrected chi connectivity index (χ4v) is 4.22. The van der Waals surface area contributed by atoms with Crippen molar-refractivity contribution in [1.29, 1.82) is 0 Å². The summed E-state index contributed by atoms with van der Waals surface area (Å²) in [5.41, 5.74) is 1.02. The molecule has 1 aliphatic rings. The van der Waals surface area contributed by atoms with Gasteiger partial charge in [0.05, 0.1) is 16.7 Å². The minimum Gasteiger partial charge on any atom is -0.310 e. The van der Waals surface area contributed by atoms with Gasteiger partial charge in [0.1, 0.15) is 5.82 Å². The van der Waals surface area contributed by atoms with Crippen LogP contribution in [0, 0.1) is 24.4 Å². The third kappa shape index (κ3) is 2.97. The highest BCUT2D eigenvalue weighted by atomic mass is 32.2. The molecule has 1 amide bonds. The topological polar surface area (TPSA) is 59.8 Å². The van der Waals surface area contributed by atoms with Crippen LogP contribution < -0.4 is 5.32 Å². The maximum atomic E-state index is 14.5. The van der Waals surface area contributed by atoms with Crippen molar-refractivity contribution in [3.63, 3.8) is 0 Å². The molecule has 0 unspecified atom stereocenters. The number of carbonyl (C=O) groups is 1. The van der Waals surface area contributed by atoms with Crippen LogP contribution in [0.5, 0.6) is 0 Å². The monoisotopic (exact) mass is 390 g/mol. The van der Waals surface area contributed by atoms with E-state index in [1.165, 1.54) is 10.7 Å². The number of nitrogens with one attached hydrogen (secondary N) is 1. The van der Waals surface area contributed by atoms with Gasteiger partial charge in [0.2, 0.25) is 5.91 Å². The molecule has 0 saturated heterocycles. The van der Waals surface area contributed by atoms with Crippen LogP contribution in [0.1, 0.15) is 22.1 Å². The number of rotatable bonds is 2. The Kier molecular flexibility index (Phi) is 4.39. The van der Waals surface area contributed by atoms with Crippen LogP contribution in [0.15, 0.2) is 36.5 Å². The zero-order valence-electron chi connectivity index (χ0n) is 14.0. The highest BCUT2D eigenvalue weighted by Crippen LogP contribution is 2.44. The molecule has 1 aromatic carbocycles. The third-order valence-corrected chi connectivity index (χ3v) is 5.47. The van der Waals surface area contributed by atoms with E-state index >= 15 is 0 Å². The van der Waals surface area contributed by atoms with E-state index in [0.29, 0.717) is 22.9 Å². The lowest BCUT2D eigenvalue weighted by atomic mass is 10.0. The number of thioether (sulfide) groups is 1. The molecule has 0 radical (unpaired) electrons. The molecule has 138 valence electrons. The number of carbonyl (C=O) groups excluding carboxylic acids is 1. The van der Waals surface area contributed by atoms with Gasteiger partial charge < -0.3 is 5.32 Å². The standard InChI is InChI=1S/C18H13F3N4OS/c1-9-14-17(10-5-6-11(19)16(21)15(10)20)27-8-13(26)23-18(14)25(24-9)12-4-2-3-7-22-12/h2-7,17H,8H2,1H3,(H,23,26)/t17-/m0/s1. The summed E-state index contributed by atoms with van der Waals surface area (Å²) in [4.78, 5) is 16.4. The van der Waals surface area contributed by atoms with Crippen molar-refractivity contribution in [2.75, 3.05) is 11.1 Å². The Morgan fingerprint density at radius 1 is 1.19 bits per heavy atom. The van der Waals surface area contributed by atoms with Crippen LogP contribution in [-0.2, 0) is 4.79 Å². The van der Waals surface area contributed by atoms with Crippen molar-refractivity contribution in [3.8, 4) is 5.82 Å². The van der Waals surface area contributed by atoms with Crippen molar-refractivity contribution in [1.82, 2.24) is 14.8 Å². The second kappa shape index (κ2) is 6.73. The van der Waals surface area contributed by atoms with Gasteiger partial charge in [-0.2, -0.15) is 9.78 Å². The Bertz CT molecular complexity index is 1040. The van der Waals surface area contributed by atoms with Gasteiger partial charge in [-0.25, -0.2) is 18.2 Å². The fourth-order valence-electron chi connectivity index (χ4n) is 3.02. The second-order valence-corrected chi connectivity index (χ2v) is 7.04. The molecule has 3 aromatic rings. The first kappa shape index (κ1) is 17.6. The smallest absolute Gasteiger partial charge is 0.235 e. The van der Waals surface area contributed by atoms with Crippen molar-refractivity contribution < 1.29 is 18.0 Å². The predicted molar refractivity (Wildman–Crippen MR) is 95.3 cm³/mol. The third-order valence-electron chi connectivity index (χ3n) is 4.22. The molecule has 9 heteroatoms. The minimum absolute atomic E-state index is 0.0272.